The van der Waals surface area contributed by atoms with Gasteiger partial charge in [-0.1, -0.05) is 44.5 Å². The Labute approximate surface area is 130 Å². The molecule has 0 saturated carbocycles. The molecule has 0 aliphatic carbocycles. The molecule has 0 radical (unpaired) electrons. The highest BCUT2D eigenvalue weighted by Gasteiger charge is 2.42. The summed E-state index contributed by atoms with van der Waals surface area (Å²) in [5, 5.41) is 1.75. The molecule has 0 bridgehead atoms. The summed E-state index contributed by atoms with van der Waals surface area (Å²) in [6.45, 7) is 6.14. The lowest BCUT2D eigenvalue weighted by molar-refractivity contribution is 0.0376. The summed E-state index contributed by atoms with van der Waals surface area (Å²) in [7, 11) is 0. The van der Waals surface area contributed by atoms with Gasteiger partial charge in [0.1, 0.15) is 0 Å². The predicted octanol–water partition coefficient (Wildman–Crippen LogP) is 4.40. The van der Waals surface area contributed by atoms with Crippen molar-refractivity contribution in [3.05, 3.63) is 47.5 Å². The molecule has 1 heterocycles. The molecule has 3 heteroatoms. The van der Waals surface area contributed by atoms with Crippen LogP contribution in [-0.2, 0) is 0 Å². The average molecular weight is 295 g/mol. The Morgan fingerprint density at radius 2 is 1.50 bits per heavy atom. The Kier molecular flexibility index (Phi) is 3.51. The van der Waals surface area contributed by atoms with Gasteiger partial charge >= 0.3 is 0 Å². The third-order valence-corrected chi connectivity index (χ3v) is 4.86. The van der Waals surface area contributed by atoms with E-state index >= 15 is 0 Å². The molecular formula is C19H21NO2. The van der Waals surface area contributed by atoms with Crippen molar-refractivity contribution in [2.75, 3.05) is 0 Å². The Hall–Kier alpha value is -2.16. The predicted molar refractivity (Wildman–Crippen MR) is 88.1 cm³/mol. The van der Waals surface area contributed by atoms with Crippen LogP contribution in [0.1, 0.15) is 60.7 Å². The van der Waals surface area contributed by atoms with Gasteiger partial charge in [0, 0.05) is 22.1 Å². The van der Waals surface area contributed by atoms with E-state index in [4.69, 9.17) is 0 Å². The molecule has 2 amide bonds. The van der Waals surface area contributed by atoms with E-state index < -0.39 is 5.54 Å². The van der Waals surface area contributed by atoms with Crippen molar-refractivity contribution < 1.29 is 9.59 Å². The molecule has 114 valence electrons. The minimum absolute atomic E-state index is 0.160. The minimum atomic E-state index is -0.432. The Morgan fingerprint density at radius 1 is 0.955 bits per heavy atom. The lowest BCUT2D eigenvalue weighted by Crippen LogP contribution is -2.54. The highest BCUT2D eigenvalue weighted by atomic mass is 16.2. The standard InChI is InChI=1S/C19H21NO2/c1-4-12-19(3,5-2)20-17(21)14-10-6-8-13-9-7-11-15(16(13)14)18(20)22/h6-11H,4-5,12H2,1-3H3. The second-order valence-corrected chi connectivity index (χ2v) is 6.26. The van der Waals surface area contributed by atoms with Crippen molar-refractivity contribution in [2.45, 2.75) is 45.6 Å². The number of rotatable bonds is 4. The number of hydrogen-bond donors (Lipinski definition) is 0. The molecule has 2 aromatic carbocycles. The van der Waals surface area contributed by atoms with Crippen molar-refractivity contribution in [1.29, 1.82) is 0 Å². The highest BCUT2D eigenvalue weighted by molar-refractivity contribution is 6.25. The Balaban J connectivity index is 2.24. The third-order valence-electron chi connectivity index (χ3n) is 4.86. The van der Waals surface area contributed by atoms with E-state index in [9.17, 15) is 9.59 Å². The summed E-state index contributed by atoms with van der Waals surface area (Å²) < 4.78 is 0. The van der Waals surface area contributed by atoms with Crippen LogP contribution in [0.3, 0.4) is 0 Å². The summed E-state index contributed by atoms with van der Waals surface area (Å²) in [6, 6.07) is 11.3. The molecule has 0 fully saturated rings. The molecule has 0 aromatic heterocycles. The number of carbonyl (C=O) groups is 2. The zero-order valence-corrected chi connectivity index (χ0v) is 13.3. The van der Waals surface area contributed by atoms with Crippen LogP contribution in [0.15, 0.2) is 36.4 Å². The van der Waals surface area contributed by atoms with Gasteiger partial charge in [-0.15, -0.1) is 0 Å². The zero-order chi connectivity index (χ0) is 15.9. The maximum Gasteiger partial charge on any atom is 0.261 e. The van der Waals surface area contributed by atoms with E-state index in [2.05, 4.69) is 6.92 Å². The largest absolute Gasteiger partial charge is 0.269 e. The van der Waals surface area contributed by atoms with E-state index in [1.807, 2.05) is 50.2 Å². The van der Waals surface area contributed by atoms with E-state index in [-0.39, 0.29) is 11.8 Å². The fraction of sp³-hybridized carbons (Fsp3) is 0.368. The van der Waals surface area contributed by atoms with E-state index in [1.165, 1.54) is 4.90 Å². The molecule has 1 aliphatic heterocycles. The van der Waals surface area contributed by atoms with Gasteiger partial charge in [0.15, 0.2) is 0 Å². The van der Waals surface area contributed by atoms with Gasteiger partial charge in [0.25, 0.3) is 11.8 Å². The number of imide groups is 1. The molecule has 1 atom stereocenters. The molecule has 2 aromatic rings. The topological polar surface area (TPSA) is 37.4 Å². The fourth-order valence-electron chi connectivity index (χ4n) is 3.51. The SMILES string of the molecule is CCCC(C)(CC)N1C(=O)c2cccc3cccc(c23)C1=O. The van der Waals surface area contributed by atoms with Gasteiger partial charge in [-0.3, -0.25) is 14.5 Å². The molecular weight excluding hydrogens is 274 g/mol. The number of nitrogens with zero attached hydrogens (tertiary/aromatic N) is 1. The van der Waals surface area contributed by atoms with Crippen LogP contribution in [0, 0.1) is 0 Å². The lowest BCUT2D eigenvalue weighted by Gasteiger charge is -2.41. The van der Waals surface area contributed by atoms with Crippen LogP contribution in [0.25, 0.3) is 10.8 Å². The van der Waals surface area contributed by atoms with Crippen LogP contribution < -0.4 is 0 Å². The fourth-order valence-corrected chi connectivity index (χ4v) is 3.51. The van der Waals surface area contributed by atoms with Gasteiger partial charge in [-0.25, -0.2) is 0 Å². The third kappa shape index (κ3) is 1.96. The molecule has 3 nitrogen and oxygen atoms in total. The van der Waals surface area contributed by atoms with Crippen molar-refractivity contribution in [2.24, 2.45) is 0 Å². The van der Waals surface area contributed by atoms with Crippen LogP contribution in [-0.4, -0.2) is 22.3 Å². The maximum atomic E-state index is 13.0. The first kappa shape index (κ1) is 14.8. The lowest BCUT2D eigenvalue weighted by atomic mass is 9.85. The zero-order valence-electron chi connectivity index (χ0n) is 13.3. The first-order chi connectivity index (χ1) is 10.5. The first-order valence-electron chi connectivity index (χ1n) is 7.94. The Bertz CT molecular complexity index is 714. The van der Waals surface area contributed by atoms with Gasteiger partial charge in [-0.05, 0) is 37.3 Å². The summed E-state index contributed by atoms with van der Waals surface area (Å²) in [4.78, 5) is 27.5. The van der Waals surface area contributed by atoms with Gasteiger partial charge in [-0.2, -0.15) is 0 Å². The molecule has 1 aliphatic rings. The molecule has 3 rings (SSSR count). The van der Waals surface area contributed by atoms with Crippen molar-refractivity contribution in [1.82, 2.24) is 4.90 Å². The number of amides is 2. The summed E-state index contributed by atoms with van der Waals surface area (Å²) >= 11 is 0. The van der Waals surface area contributed by atoms with Crippen LogP contribution in [0.4, 0.5) is 0 Å². The molecule has 0 saturated heterocycles. The average Bonchev–Trinajstić information content (AvgIpc) is 2.52. The Morgan fingerprint density at radius 3 is 1.95 bits per heavy atom. The van der Waals surface area contributed by atoms with Gasteiger partial charge < -0.3 is 0 Å². The molecule has 0 spiro atoms. The van der Waals surface area contributed by atoms with Crippen LogP contribution >= 0.6 is 0 Å². The molecule has 1 unspecified atom stereocenters. The molecule has 0 N–H and O–H groups in total. The summed E-state index contributed by atoms with van der Waals surface area (Å²) in [5.74, 6) is -0.320. The number of carbonyl (C=O) groups excluding carboxylic acids is 2. The summed E-state index contributed by atoms with van der Waals surface area (Å²) in [5.41, 5.74) is 0.852. The van der Waals surface area contributed by atoms with Crippen molar-refractivity contribution in [3.63, 3.8) is 0 Å². The van der Waals surface area contributed by atoms with E-state index in [0.29, 0.717) is 11.1 Å². The van der Waals surface area contributed by atoms with E-state index in [0.717, 1.165) is 30.0 Å². The maximum absolute atomic E-state index is 13.0. The monoisotopic (exact) mass is 295 g/mol. The highest BCUT2D eigenvalue weighted by Crippen LogP contribution is 2.36. The van der Waals surface area contributed by atoms with Crippen LogP contribution in [0.2, 0.25) is 0 Å². The quantitative estimate of drug-likeness (QED) is 0.784. The minimum Gasteiger partial charge on any atom is -0.269 e. The number of hydrogen-bond acceptors (Lipinski definition) is 2. The normalized spacial score (nSPS) is 17.0. The first-order valence-corrected chi connectivity index (χ1v) is 7.94. The summed E-state index contributed by atoms with van der Waals surface area (Å²) in [6.07, 6.45) is 2.52. The second kappa shape index (κ2) is 5.24. The van der Waals surface area contributed by atoms with Gasteiger partial charge in [0.2, 0.25) is 0 Å². The van der Waals surface area contributed by atoms with Crippen LogP contribution in [0.5, 0.6) is 0 Å². The number of benzene rings is 2. The smallest absolute Gasteiger partial charge is 0.261 e. The van der Waals surface area contributed by atoms with Crippen molar-refractivity contribution >= 4 is 22.6 Å². The molecule has 22 heavy (non-hydrogen) atoms. The van der Waals surface area contributed by atoms with E-state index in [1.54, 1.807) is 0 Å². The second-order valence-electron chi connectivity index (χ2n) is 6.26. The van der Waals surface area contributed by atoms with Gasteiger partial charge in [0.05, 0.1) is 0 Å². The van der Waals surface area contributed by atoms with Crippen molar-refractivity contribution in [3.8, 4) is 0 Å².